The summed E-state index contributed by atoms with van der Waals surface area (Å²) >= 11 is 0. The molecule has 1 aromatic carbocycles. The maximum Gasteiger partial charge on any atom is 0.317 e. The summed E-state index contributed by atoms with van der Waals surface area (Å²) in [4.78, 5) is 29.7. The first kappa shape index (κ1) is 31.6. The van der Waals surface area contributed by atoms with Crippen molar-refractivity contribution in [1.29, 1.82) is 0 Å². The highest BCUT2D eigenvalue weighted by Crippen LogP contribution is 2.31. The van der Waals surface area contributed by atoms with Gasteiger partial charge in [0.2, 0.25) is 5.91 Å². The largest absolute Gasteiger partial charge is 0.488 e. The van der Waals surface area contributed by atoms with Gasteiger partial charge in [-0.3, -0.25) is 9.52 Å². The minimum atomic E-state index is -4.01. The van der Waals surface area contributed by atoms with Crippen molar-refractivity contribution in [2.45, 2.75) is 89.3 Å². The van der Waals surface area contributed by atoms with E-state index in [1.165, 1.54) is 13.3 Å². The Bertz CT molecular complexity index is 1350. The van der Waals surface area contributed by atoms with Crippen molar-refractivity contribution >= 4 is 27.6 Å². The molecule has 4 rings (SSSR count). The number of nitrogens with one attached hydrogen (secondary N) is 2. The molecule has 0 bridgehead atoms. The highest BCUT2D eigenvalue weighted by atomic mass is 32.2. The van der Waals surface area contributed by atoms with Crippen molar-refractivity contribution in [3.8, 4) is 5.75 Å². The van der Waals surface area contributed by atoms with Crippen LogP contribution >= 0.6 is 0 Å². The van der Waals surface area contributed by atoms with Crippen LogP contribution in [-0.4, -0.2) is 85.4 Å². The number of urea groups is 1. The number of aliphatic hydroxyl groups excluding tert-OH is 1. The number of rotatable bonds is 8. The molecular formula is C29H43N5O7S. The van der Waals surface area contributed by atoms with E-state index >= 15 is 0 Å². The standard InChI is InChI=1S/C29H43N5O7S/c1-18-15-34(19(2)17-35)27(36)14-22-13-24(32-42(38,39)28-20(3)31-41-21(28)4)11-12-25(22)40-26(18)16-33(5)29(37)30-23-9-7-6-8-10-23/h11-13,18-19,23,26,32,35H,6-10,14-17H2,1-5H3,(H,30,37)/t18-,19+,26+/m1/s1. The molecule has 0 saturated heterocycles. The monoisotopic (exact) mass is 605 g/mol. The Morgan fingerprint density at radius 2 is 1.95 bits per heavy atom. The molecule has 1 aliphatic carbocycles. The molecule has 3 N–H and O–H groups in total. The van der Waals surface area contributed by atoms with Crippen LogP contribution in [0.2, 0.25) is 0 Å². The first-order valence-corrected chi connectivity index (χ1v) is 16.0. The first-order valence-electron chi connectivity index (χ1n) is 14.6. The second kappa shape index (κ2) is 13.3. The molecule has 1 fully saturated rings. The molecule has 42 heavy (non-hydrogen) atoms. The van der Waals surface area contributed by atoms with Crippen molar-refractivity contribution in [1.82, 2.24) is 20.3 Å². The van der Waals surface area contributed by atoms with Crippen molar-refractivity contribution < 1.29 is 32.4 Å². The van der Waals surface area contributed by atoms with Gasteiger partial charge in [-0.1, -0.05) is 31.3 Å². The molecule has 1 aromatic heterocycles. The van der Waals surface area contributed by atoms with Gasteiger partial charge in [0.05, 0.1) is 25.6 Å². The number of carbonyl (C=O) groups excluding carboxylic acids is 2. The molecule has 0 radical (unpaired) electrons. The van der Waals surface area contributed by atoms with Crippen molar-refractivity contribution in [2.24, 2.45) is 5.92 Å². The van der Waals surface area contributed by atoms with Crippen LogP contribution in [0.4, 0.5) is 10.5 Å². The Morgan fingerprint density at radius 1 is 1.24 bits per heavy atom. The molecule has 2 heterocycles. The number of aromatic nitrogens is 1. The van der Waals surface area contributed by atoms with Gasteiger partial charge >= 0.3 is 6.03 Å². The fourth-order valence-electron chi connectivity index (χ4n) is 5.66. The second-order valence-electron chi connectivity index (χ2n) is 11.6. The third-order valence-electron chi connectivity index (χ3n) is 8.14. The molecule has 2 aliphatic rings. The van der Waals surface area contributed by atoms with Crippen molar-refractivity contribution in [2.75, 3.05) is 31.5 Å². The number of aryl methyl sites for hydroxylation is 2. The molecule has 1 saturated carbocycles. The topological polar surface area (TPSA) is 154 Å². The lowest BCUT2D eigenvalue weighted by atomic mass is 9.96. The SMILES string of the molecule is Cc1noc(C)c1S(=O)(=O)Nc1ccc2c(c1)CC(=O)N([C@@H](C)CO)C[C@@H](C)[C@H](CN(C)C(=O)NC1CCCCC1)O2. The number of fused-ring (bicyclic) bond motifs is 1. The number of amides is 3. The van der Waals surface area contributed by atoms with E-state index in [1.807, 2.05) is 6.92 Å². The van der Waals surface area contributed by atoms with E-state index in [0.717, 1.165) is 25.7 Å². The number of aliphatic hydroxyl groups is 1. The van der Waals surface area contributed by atoms with E-state index in [-0.39, 0.29) is 65.5 Å². The summed E-state index contributed by atoms with van der Waals surface area (Å²) in [7, 11) is -2.28. The van der Waals surface area contributed by atoms with Crippen LogP contribution < -0.4 is 14.8 Å². The predicted octanol–water partition coefficient (Wildman–Crippen LogP) is 3.22. The van der Waals surface area contributed by atoms with Gasteiger partial charge in [-0.05, 0) is 51.8 Å². The quantitative estimate of drug-likeness (QED) is 0.415. The van der Waals surface area contributed by atoms with E-state index in [4.69, 9.17) is 9.26 Å². The second-order valence-corrected chi connectivity index (χ2v) is 13.3. The normalized spacial score (nSPS) is 20.9. The number of benzene rings is 1. The van der Waals surface area contributed by atoms with E-state index in [2.05, 4.69) is 15.2 Å². The van der Waals surface area contributed by atoms with Crippen LogP contribution in [0.5, 0.6) is 5.75 Å². The zero-order valence-corrected chi connectivity index (χ0v) is 25.9. The maximum atomic E-state index is 13.5. The number of anilines is 1. The van der Waals surface area contributed by atoms with E-state index < -0.39 is 22.2 Å². The summed E-state index contributed by atoms with van der Waals surface area (Å²) in [5, 5.41) is 16.8. The van der Waals surface area contributed by atoms with E-state index in [0.29, 0.717) is 17.9 Å². The molecule has 232 valence electrons. The minimum Gasteiger partial charge on any atom is -0.488 e. The third-order valence-corrected chi connectivity index (χ3v) is 9.76. The zero-order chi connectivity index (χ0) is 30.6. The predicted molar refractivity (Wildman–Crippen MR) is 157 cm³/mol. The lowest BCUT2D eigenvalue weighted by molar-refractivity contribution is -0.134. The lowest BCUT2D eigenvalue weighted by Crippen LogP contribution is -2.50. The lowest BCUT2D eigenvalue weighted by Gasteiger charge is -2.34. The fourth-order valence-corrected chi connectivity index (χ4v) is 7.04. The van der Waals surface area contributed by atoms with Crippen LogP contribution in [0.3, 0.4) is 0 Å². The van der Waals surface area contributed by atoms with Gasteiger partial charge in [-0.15, -0.1) is 0 Å². The van der Waals surface area contributed by atoms with Gasteiger partial charge in [0.25, 0.3) is 10.0 Å². The van der Waals surface area contributed by atoms with Gasteiger partial charge in [0.1, 0.15) is 17.5 Å². The summed E-state index contributed by atoms with van der Waals surface area (Å²) in [5.74, 6) is 0.197. The van der Waals surface area contributed by atoms with Crippen LogP contribution in [0.25, 0.3) is 0 Å². The molecule has 3 atom stereocenters. The summed E-state index contributed by atoms with van der Waals surface area (Å²) in [5.41, 5.74) is 0.977. The third kappa shape index (κ3) is 7.35. The number of hydrogen-bond acceptors (Lipinski definition) is 8. The molecule has 0 unspecified atom stereocenters. The minimum absolute atomic E-state index is 0.0373. The van der Waals surface area contributed by atoms with E-state index in [9.17, 15) is 23.1 Å². The van der Waals surface area contributed by atoms with Gasteiger partial charge in [0.15, 0.2) is 10.7 Å². The van der Waals surface area contributed by atoms with Crippen LogP contribution in [0.1, 0.15) is 63.0 Å². The van der Waals surface area contributed by atoms with Gasteiger partial charge in [0, 0.05) is 36.8 Å². The van der Waals surface area contributed by atoms with Gasteiger partial charge in [-0.25, -0.2) is 13.2 Å². The molecule has 3 amide bonds. The summed E-state index contributed by atoms with van der Waals surface area (Å²) in [6, 6.07) is 4.36. The van der Waals surface area contributed by atoms with Crippen LogP contribution in [-0.2, 0) is 21.2 Å². The smallest absolute Gasteiger partial charge is 0.317 e. The number of sulfonamides is 1. The zero-order valence-electron chi connectivity index (χ0n) is 25.1. The number of likely N-dealkylation sites (N-methyl/N-ethyl adjacent to an activating group) is 1. The number of nitrogens with zero attached hydrogens (tertiary/aromatic N) is 3. The molecule has 13 heteroatoms. The number of ether oxygens (including phenoxy) is 1. The highest BCUT2D eigenvalue weighted by Gasteiger charge is 2.33. The molecule has 0 spiro atoms. The van der Waals surface area contributed by atoms with Gasteiger partial charge < -0.3 is 29.5 Å². The summed E-state index contributed by atoms with van der Waals surface area (Å²) in [6.07, 6.45) is 4.82. The van der Waals surface area contributed by atoms with E-state index in [1.54, 1.807) is 48.9 Å². The Balaban J connectivity index is 1.61. The summed E-state index contributed by atoms with van der Waals surface area (Å²) < 4.78 is 40.3. The fraction of sp³-hybridized carbons (Fsp3) is 0.621. The van der Waals surface area contributed by atoms with Crippen molar-refractivity contribution in [3.05, 3.63) is 35.2 Å². The molecule has 1 aliphatic heterocycles. The average Bonchev–Trinajstić information content (AvgIpc) is 3.31. The van der Waals surface area contributed by atoms with Crippen LogP contribution in [0, 0.1) is 19.8 Å². The molecule has 12 nitrogen and oxygen atoms in total. The molecular weight excluding hydrogens is 562 g/mol. The Hall–Kier alpha value is -3.32. The highest BCUT2D eigenvalue weighted by molar-refractivity contribution is 7.92. The Kier molecular flexibility index (Phi) is 10.0. The number of hydrogen-bond donors (Lipinski definition) is 3. The van der Waals surface area contributed by atoms with Gasteiger partial charge in [-0.2, -0.15) is 0 Å². The maximum absolute atomic E-state index is 13.5. The number of carbonyl (C=O) groups is 2. The summed E-state index contributed by atoms with van der Waals surface area (Å²) in [6.45, 7) is 7.19. The Morgan fingerprint density at radius 3 is 2.60 bits per heavy atom. The Labute approximate surface area is 247 Å². The average molecular weight is 606 g/mol. The first-order chi connectivity index (χ1) is 19.9. The van der Waals surface area contributed by atoms with Crippen LogP contribution in [0.15, 0.2) is 27.6 Å². The molecule has 2 aromatic rings. The van der Waals surface area contributed by atoms with Crippen molar-refractivity contribution in [3.63, 3.8) is 0 Å².